The van der Waals surface area contributed by atoms with E-state index in [2.05, 4.69) is 5.10 Å². The fourth-order valence-electron chi connectivity index (χ4n) is 1.41. The number of nitro groups is 1. The molecule has 0 atom stereocenters. The van der Waals surface area contributed by atoms with E-state index in [1.807, 2.05) is 7.05 Å². The third-order valence-electron chi connectivity index (χ3n) is 2.20. The molecule has 0 saturated heterocycles. The molecule has 1 aromatic rings. The van der Waals surface area contributed by atoms with E-state index in [0.717, 1.165) is 5.56 Å². The van der Waals surface area contributed by atoms with Crippen LogP contribution in [0.3, 0.4) is 0 Å². The first kappa shape index (κ1) is 10.4. The van der Waals surface area contributed by atoms with E-state index in [0.29, 0.717) is 19.0 Å². The molecule has 0 bridgehead atoms. The van der Waals surface area contributed by atoms with Gasteiger partial charge in [0.15, 0.2) is 6.73 Å². The number of hydrogen-bond donors (Lipinski definition) is 0. The average Bonchev–Trinajstić information content (AvgIpc) is 2.65. The number of ether oxygens (including phenoxy) is 1. The molecule has 0 fully saturated rings. The zero-order valence-corrected chi connectivity index (χ0v) is 8.79. The van der Waals surface area contributed by atoms with E-state index in [4.69, 9.17) is 4.74 Å². The molecule has 1 heterocycles. The van der Waals surface area contributed by atoms with E-state index < -0.39 is 4.92 Å². The Bertz CT molecular complexity index is 427. The number of rotatable bonds is 3. The zero-order valence-electron chi connectivity index (χ0n) is 8.79. The van der Waals surface area contributed by atoms with Gasteiger partial charge in [0.1, 0.15) is 0 Å². The summed E-state index contributed by atoms with van der Waals surface area (Å²) in [7, 11) is 1.82. The molecule has 84 valence electrons. The van der Waals surface area contributed by atoms with E-state index in [1.54, 1.807) is 17.1 Å². The van der Waals surface area contributed by atoms with Crippen molar-refractivity contribution in [2.45, 2.75) is 6.42 Å². The molecule has 0 saturated carbocycles. The summed E-state index contributed by atoms with van der Waals surface area (Å²) < 4.78 is 5.29. The molecule has 16 heavy (non-hydrogen) atoms. The van der Waals surface area contributed by atoms with Crippen LogP contribution in [0.1, 0.15) is 5.56 Å². The third-order valence-corrected chi connectivity index (χ3v) is 2.20. The van der Waals surface area contributed by atoms with Gasteiger partial charge in [0, 0.05) is 19.2 Å². The predicted octanol–water partition coefficient (Wildman–Crippen LogP) is 1.37. The molecule has 6 nitrogen and oxygen atoms in total. The first-order valence-corrected chi connectivity index (χ1v) is 4.80. The van der Waals surface area contributed by atoms with E-state index in [9.17, 15) is 10.1 Å². The van der Waals surface area contributed by atoms with Crippen LogP contribution in [-0.2, 0) is 11.2 Å². The van der Waals surface area contributed by atoms with Crippen molar-refractivity contribution in [3.63, 3.8) is 0 Å². The normalized spacial score (nSPS) is 14.6. The maximum atomic E-state index is 10.5. The highest BCUT2D eigenvalue weighted by atomic mass is 16.6. The topological polar surface area (TPSA) is 68.0 Å². The lowest BCUT2D eigenvalue weighted by atomic mass is 10.1. The summed E-state index contributed by atoms with van der Waals surface area (Å²) in [4.78, 5) is 10.0. The van der Waals surface area contributed by atoms with Crippen LogP contribution in [0.4, 0.5) is 5.69 Å². The van der Waals surface area contributed by atoms with Crippen LogP contribution in [0.2, 0.25) is 0 Å². The molecule has 0 aromatic heterocycles. The van der Waals surface area contributed by atoms with E-state index >= 15 is 0 Å². The Morgan fingerprint density at radius 2 is 2.19 bits per heavy atom. The second-order valence-corrected chi connectivity index (χ2v) is 3.53. The van der Waals surface area contributed by atoms with Gasteiger partial charge in [-0.15, -0.1) is 5.10 Å². The molecule has 1 aliphatic rings. The van der Waals surface area contributed by atoms with E-state index in [-0.39, 0.29) is 5.69 Å². The lowest BCUT2D eigenvalue weighted by Gasteiger charge is -2.00. The van der Waals surface area contributed by atoms with Crippen LogP contribution < -0.4 is 0 Å². The monoisotopic (exact) mass is 221 g/mol. The minimum Gasteiger partial charge on any atom is -0.457 e. The van der Waals surface area contributed by atoms with Crippen LogP contribution in [0.25, 0.3) is 0 Å². The van der Waals surface area contributed by atoms with Crippen LogP contribution in [0, 0.1) is 10.1 Å². The molecule has 0 amide bonds. The Hall–Kier alpha value is -2.11. The first-order chi connectivity index (χ1) is 7.65. The van der Waals surface area contributed by atoms with Crippen molar-refractivity contribution >= 4 is 11.6 Å². The summed E-state index contributed by atoms with van der Waals surface area (Å²) in [5.74, 6) is 0.636. The number of nitro benzene ring substituents is 1. The molecular formula is C10H11N3O3. The van der Waals surface area contributed by atoms with Gasteiger partial charge in [0.2, 0.25) is 5.90 Å². The van der Waals surface area contributed by atoms with Gasteiger partial charge in [-0.05, 0) is 5.56 Å². The van der Waals surface area contributed by atoms with E-state index in [1.165, 1.54) is 12.1 Å². The van der Waals surface area contributed by atoms with Gasteiger partial charge >= 0.3 is 0 Å². The zero-order chi connectivity index (χ0) is 11.5. The molecule has 0 radical (unpaired) electrons. The van der Waals surface area contributed by atoms with Gasteiger partial charge < -0.3 is 4.74 Å². The second kappa shape index (κ2) is 4.18. The van der Waals surface area contributed by atoms with Gasteiger partial charge in [-0.3, -0.25) is 15.1 Å². The highest BCUT2D eigenvalue weighted by Crippen LogP contribution is 2.14. The Labute approximate surface area is 92.3 Å². The standard InChI is InChI=1S/C10H11N3O3/c1-12-7-16-10(11-12)6-8-2-4-9(5-3-8)13(14)15/h2-5H,6-7H2,1H3. The van der Waals surface area contributed by atoms with Crippen molar-refractivity contribution in [3.8, 4) is 0 Å². The van der Waals surface area contributed by atoms with Crippen LogP contribution >= 0.6 is 0 Å². The minimum absolute atomic E-state index is 0.0927. The SMILES string of the molecule is CN1COC(Cc2ccc([N+](=O)[O-])cc2)=N1. The summed E-state index contributed by atoms with van der Waals surface area (Å²) >= 11 is 0. The highest BCUT2D eigenvalue weighted by molar-refractivity contribution is 5.79. The smallest absolute Gasteiger partial charge is 0.269 e. The lowest BCUT2D eigenvalue weighted by molar-refractivity contribution is -0.384. The number of non-ortho nitro benzene ring substituents is 1. The largest absolute Gasteiger partial charge is 0.457 e. The lowest BCUT2D eigenvalue weighted by Crippen LogP contribution is -2.06. The van der Waals surface area contributed by atoms with Gasteiger partial charge in [-0.2, -0.15) is 0 Å². The Balaban J connectivity index is 2.05. The summed E-state index contributed by atoms with van der Waals surface area (Å²) in [6.45, 7) is 0.461. The van der Waals surface area contributed by atoms with Crippen LogP contribution in [0.5, 0.6) is 0 Å². The summed E-state index contributed by atoms with van der Waals surface area (Å²) in [5, 5.41) is 16.3. The number of benzene rings is 1. The number of hydrogen-bond acceptors (Lipinski definition) is 5. The summed E-state index contributed by atoms with van der Waals surface area (Å²) in [6, 6.07) is 6.38. The molecule has 6 heteroatoms. The first-order valence-electron chi connectivity index (χ1n) is 4.80. The molecular weight excluding hydrogens is 210 g/mol. The summed E-state index contributed by atoms with van der Waals surface area (Å²) in [6.07, 6.45) is 0.558. The molecule has 0 aliphatic carbocycles. The molecule has 1 aromatic carbocycles. The second-order valence-electron chi connectivity index (χ2n) is 3.53. The van der Waals surface area contributed by atoms with Crippen LogP contribution in [-0.4, -0.2) is 29.6 Å². The van der Waals surface area contributed by atoms with Crippen LogP contribution in [0.15, 0.2) is 29.4 Å². The van der Waals surface area contributed by atoms with Crippen molar-refractivity contribution in [2.24, 2.45) is 5.10 Å². The van der Waals surface area contributed by atoms with Gasteiger partial charge in [0.25, 0.3) is 5.69 Å². The molecule has 0 spiro atoms. The molecule has 2 rings (SSSR count). The third kappa shape index (κ3) is 2.28. The van der Waals surface area contributed by atoms with Crippen molar-refractivity contribution < 1.29 is 9.66 Å². The van der Waals surface area contributed by atoms with Crippen molar-refractivity contribution in [1.82, 2.24) is 5.01 Å². The van der Waals surface area contributed by atoms with Crippen molar-refractivity contribution in [1.29, 1.82) is 0 Å². The fourth-order valence-corrected chi connectivity index (χ4v) is 1.41. The minimum atomic E-state index is -0.416. The molecule has 0 N–H and O–H groups in total. The summed E-state index contributed by atoms with van der Waals surface area (Å²) in [5.41, 5.74) is 1.04. The quantitative estimate of drug-likeness (QED) is 0.571. The maximum Gasteiger partial charge on any atom is 0.269 e. The molecule has 0 unspecified atom stereocenters. The number of hydrazone groups is 1. The maximum absolute atomic E-state index is 10.5. The van der Waals surface area contributed by atoms with Gasteiger partial charge in [-0.1, -0.05) is 12.1 Å². The van der Waals surface area contributed by atoms with Gasteiger partial charge in [0.05, 0.1) is 11.3 Å². The van der Waals surface area contributed by atoms with Crippen molar-refractivity contribution in [3.05, 3.63) is 39.9 Å². The molecule has 1 aliphatic heterocycles. The average molecular weight is 221 g/mol. The van der Waals surface area contributed by atoms with Crippen molar-refractivity contribution in [2.75, 3.05) is 13.8 Å². The number of nitrogens with zero attached hydrogens (tertiary/aromatic N) is 3. The Kier molecular flexibility index (Phi) is 2.72. The Morgan fingerprint density at radius 3 is 2.69 bits per heavy atom. The fraction of sp³-hybridized carbons (Fsp3) is 0.300. The highest BCUT2D eigenvalue weighted by Gasteiger charge is 2.12. The van der Waals surface area contributed by atoms with Gasteiger partial charge in [-0.25, -0.2) is 0 Å². The predicted molar refractivity (Wildman–Crippen MR) is 58.0 cm³/mol. The Morgan fingerprint density at radius 1 is 1.50 bits per heavy atom.